The zero-order valence-corrected chi connectivity index (χ0v) is 8.39. The first kappa shape index (κ1) is 13.0. The van der Waals surface area contributed by atoms with Crippen LogP contribution < -0.4 is 0 Å². The predicted octanol–water partition coefficient (Wildman–Crippen LogP) is 3.46. The number of nitrogens with zero attached hydrogens (tertiary/aromatic N) is 2. The van der Waals surface area contributed by atoms with E-state index in [0.717, 1.165) is 0 Å². The number of azo groups is 2. The normalized spacial score (nSPS) is 22.4. The van der Waals surface area contributed by atoms with Gasteiger partial charge in [0.1, 0.15) is 0 Å². The second-order valence-corrected chi connectivity index (χ2v) is 3.63. The van der Waals surface area contributed by atoms with Gasteiger partial charge in [-0.25, -0.2) is 0 Å². The highest BCUT2D eigenvalue weighted by Crippen LogP contribution is 2.35. The fourth-order valence-corrected chi connectivity index (χ4v) is 1.27. The quantitative estimate of drug-likeness (QED) is 0.383. The van der Waals surface area contributed by atoms with Crippen molar-refractivity contribution in [3.8, 4) is 0 Å². The van der Waals surface area contributed by atoms with Crippen LogP contribution in [0.25, 0.3) is 0 Å². The maximum Gasteiger partial charge on any atom is 0.662 e. The van der Waals surface area contributed by atoms with Gasteiger partial charge >= 0.3 is 12.5 Å². The number of alkyl halides is 6. The molecule has 0 amide bonds. The molecule has 1 aliphatic rings. The highest BCUT2D eigenvalue weighted by Gasteiger charge is 2.56. The van der Waals surface area contributed by atoms with E-state index in [4.69, 9.17) is 0 Å². The third kappa shape index (κ3) is 2.53. The topological polar surface area (TPSA) is 15.4 Å². The minimum Gasteiger partial charge on any atom is -0.168 e. The molecule has 2 nitrogen and oxygen atoms in total. The molecule has 1 heterocycles. The smallest absolute Gasteiger partial charge is 0.168 e. The summed E-state index contributed by atoms with van der Waals surface area (Å²) >= 11 is 0. The van der Waals surface area contributed by atoms with Gasteiger partial charge in [0.05, 0.1) is 0 Å². The molecular formula is C8H9F6N2+. The number of hydrogen-bond acceptors (Lipinski definition) is 1. The Morgan fingerprint density at radius 3 is 1.94 bits per heavy atom. The van der Waals surface area contributed by atoms with Gasteiger partial charge in [0, 0.05) is 16.7 Å². The van der Waals surface area contributed by atoms with Crippen molar-refractivity contribution < 1.29 is 31.0 Å². The van der Waals surface area contributed by atoms with E-state index in [9.17, 15) is 26.3 Å². The van der Waals surface area contributed by atoms with Gasteiger partial charge in [-0.15, -0.1) is 13.2 Å². The van der Waals surface area contributed by atoms with Crippen LogP contribution in [0.15, 0.2) is 16.9 Å². The lowest BCUT2D eigenvalue weighted by atomic mass is 10.1. The predicted molar refractivity (Wildman–Crippen MR) is 41.5 cm³/mol. The van der Waals surface area contributed by atoms with Crippen LogP contribution in [0.4, 0.5) is 26.3 Å². The van der Waals surface area contributed by atoms with Crippen LogP contribution in [0.3, 0.4) is 0 Å². The van der Waals surface area contributed by atoms with Gasteiger partial charge in [-0.3, -0.25) is 0 Å². The van der Waals surface area contributed by atoms with E-state index < -0.39 is 34.8 Å². The molecule has 1 atom stereocenters. The molecule has 92 valence electrons. The van der Waals surface area contributed by atoms with Gasteiger partial charge in [0.15, 0.2) is 0 Å². The SMILES string of the molecule is CC(C)C1=CC(C(F)(F)F)N=[N+]1C(F)(F)F. The van der Waals surface area contributed by atoms with E-state index in [0.29, 0.717) is 6.08 Å². The van der Waals surface area contributed by atoms with Crippen LogP contribution in [0.1, 0.15) is 13.8 Å². The molecule has 0 aliphatic carbocycles. The standard InChI is InChI=1S/C8H9F6N2/c1-4(2)5-3-6(7(9,10)11)15-16(5)8(12,13)14/h3-4,6H,1-2H3/q+1. The van der Waals surface area contributed by atoms with Crippen molar-refractivity contribution in [1.29, 1.82) is 0 Å². The van der Waals surface area contributed by atoms with E-state index in [1.807, 2.05) is 0 Å². The first-order chi connectivity index (χ1) is 7.03. The maximum absolute atomic E-state index is 12.4. The molecule has 0 saturated heterocycles. The maximum atomic E-state index is 12.4. The van der Waals surface area contributed by atoms with Crippen molar-refractivity contribution in [3.05, 3.63) is 11.8 Å². The van der Waals surface area contributed by atoms with Gasteiger partial charge in [0.2, 0.25) is 11.7 Å². The summed E-state index contributed by atoms with van der Waals surface area (Å²) in [4.78, 5) is 0. The van der Waals surface area contributed by atoms with Gasteiger partial charge in [-0.05, 0) is 5.11 Å². The molecule has 1 aliphatic heterocycles. The van der Waals surface area contributed by atoms with Crippen molar-refractivity contribution in [1.82, 2.24) is 0 Å². The lowest BCUT2D eigenvalue weighted by molar-refractivity contribution is -0.726. The minimum atomic E-state index is -4.92. The molecule has 8 heteroatoms. The lowest BCUT2D eigenvalue weighted by Gasteiger charge is -2.04. The number of allylic oxidation sites excluding steroid dienone is 1. The Labute approximate surface area is 87.2 Å². The largest absolute Gasteiger partial charge is 0.662 e. The molecule has 0 aromatic rings. The van der Waals surface area contributed by atoms with Crippen LogP contribution in [-0.2, 0) is 0 Å². The van der Waals surface area contributed by atoms with Crippen LogP contribution in [-0.4, -0.2) is 23.2 Å². The molecule has 0 spiro atoms. The average Bonchev–Trinajstić information content (AvgIpc) is 2.44. The summed E-state index contributed by atoms with van der Waals surface area (Å²) in [7, 11) is 0. The Hall–Kier alpha value is -1.08. The van der Waals surface area contributed by atoms with Gasteiger partial charge in [0.25, 0.3) is 0 Å². The van der Waals surface area contributed by atoms with Crippen molar-refractivity contribution >= 4 is 0 Å². The molecule has 0 bridgehead atoms. The van der Waals surface area contributed by atoms with Gasteiger partial charge in [-0.1, -0.05) is 13.8 Å². The first-order valence-electron chi connectivity index (χ1n) is 4.39. The summed E-state index contributed by atoms with van der Waals surface area (Å²) in [6.07, 6.45) is -9.21. The fraction of sp³-hybridized carbons (Fsp3) is 0.750. The average molecular weight is 247 g/mol. The highest BCUT2D eigenvalue weighted by atomic mass is 19.4. The van der Waals surface area contributed by atoms with Crippen LogP contribution in [0, 0.1) is 5.92 Å². The van der Waals surface area contributed by atoms with Gasteiger partial charge in [-0.2, -0.15) is 13.2 Å². The molecule has 16 heavy (non-hydrogen) atoms. The van der Waals surface area contributed by atoms with Crippen molar-refractivity contribution in [2.75, 3.05) is 0 Å². The lowest BCUT2D eigenvalue weighted by Crippen LogP contribution is -2.28. The Morgan fingerprint density at radius 2 is 1.69 bits per heavy atom. The Morgan fingerprint density at radius 1 is 1.19 bits per heavy atom. The van der Waals surface area contributed by atoms with E-state index >= 15 is 0 Å². The zero-order chi connectivity index (χ0) is 12.7. The van der Waals surface area contributed by atoms with Crippen LogP contribution >= 0.6 is 0 Å². The fourth-order valence-electron chi connectivity index (χ4n) is 1.27. The van der Waals surface area contributed by atoms with E-state index in [1.165, 1.54) is 13.8 Å². The van der Waals surface area contributed by atoms with E-state index in [1.54, 1.807) is 0 Å². The molecule has 0 aromatic carbocycles. The molecule has 0 aromatic heterocycles. The molecule has 1 rings (SSSR count). The summed E-state index contributed by atoms with van der Waals surface area (Å²) in [5.74, 6) is -0.683. The molecule has 0 saturated carbocycles. The number of halogens is 6. The third-order valence-corrected chi connectivity index (χ3v) is 1.98. The van der Waals surface area contributed by atoms with E-state index in [-0.39, 0.29) is 0 Å². The molecule has 1 unspecified atom stereocenters. The molecule has 0 N–H and O–H groups in total. The van der Waals surface area contributed by atoms with Crippen molar-refractivity contribution in [3.63, 3.8) is 0 Å². The monoisotopic (exact) mass is 247 g/mol. The van der Waals surface area contributed by atoms with Crippen LogP contribution in [0.2, 0.25) is 0 Å². The van der Waals surface area contributed by atoms with Crippen molar-refractivity contribution in [2.45, 2.75) is 32.4 Å². The Balaban J connectivity index is 3.13. The highest BCUT2D eigenvalue weighted by molar-refractivity contribution is 5.06. The summed E-state index contributed by atoms with van der Waals surface area (Å²) in [5, 5.41) is 2.62. The van der Waals surface area contributed by atoms with Gasteiger partial charge < -0.3 is 0 Å². The van der Waals surface area contributed by atoms with Crippen LogP contribution in [0.5, 0.6) is 0 Å². The Bertz CT molecular complexity index is 335. The minimum absolute atomic E-state index is 0.477. The van der Waals surface area contributed by atoms with Crippen molar-refractivity contribution in [2.24, 2.45) is 11.0 Å². The molecule has 0 radical (unpaired) electrons. The second-order valence-electron chi connectivity index (χ2n) is 3.63. The molecule has 0 fully saturated rings. The van der Waals surface area contributed by atoms with E-state index in [2.05, 4.69) is 5.11 Å². The summed E-state index contributed by atoms with van der Waals surface area (Å²) < 4.78 is 73.2. The number of hydrogen-bond donors (Lipinski definition) is 0. The Kier molecular flexibility index (Phi) is 3.04. The first-order valence-corrected chi connectivity index (χ1v) is 4.39. The molecular weight excluding hydrogens is 238 g/mol. The summed E-state index contributed by atoms with van der Waals surface area (Å²) in [5.41, 5.74) is -0.477. The summed E-state index contributed by atoms with van der Waals surface area (Å²) in [6.45, 7) is 2.75. The third-order valence-electron chi connectivity index (χ3n) is 1.98. The number of rotatable bonds is 1. The summed E-state index contributed by atoms with van der Waals surface area (Å²) in [6, 6.07) is -2.41. The zero-order valence-electron chi connectivity index (χ0n) is 8.39. The second kappa shape index (κ2) is 3.74.